The molecule has 0 radical (unpaired) electrons. The highest BCUT2D eigenvalue weighted by atomic mass is 16.2. The van der Waals surface area contributed by atoms with E-state index in [0.717, 1.165) is 11.3 Å². The van der Waals surface area contributed by atoms with E-state index in [2.05, 4.69) is 30.9 Å². The average molecular weight is 460 g/mol. The first-order valence-electron chi connectivity index (χ1n) is 11.3. The highest BCUT2D eigenvalue weighted by molar-refractivity contribution is 6.00. The molecule has 0 aliphatic carbocycles. The summed E-state index contributed by atoms with van der Waals surface area (Å²) in [5.41, 5.74) is 3.15. The van der Waals surface area contributed by atoms with Gasteiger partial charge in [-0.1, -0.05) is 12.1 Å². The third kappa shape index (κ3) is 5.67. The van der Waals surface area contributed by atoms with Crippen LogP contribution in [0, 0.1) is 26.7 Å². The lowest BCUT2D eigenvalue weighted by Crippen LogP contribution is -2.35. The second-order valence-electron chi connectivity index (χ2n) is 8.42. The van der Waals surface area contributed by atoms with Crippen LogP contribution in [0.15, 0.2) is 48.7 Å². The molecule has 1 unspecified atom stereocenters. The van der Waals surface area contributed by atoms with E-state index in [9.17, 15) is 9.59 Å². The topological polar surface area (TPSA) is 112 Å². The lowest BCUT2D eigenvalue weighted by Gasteiger charge is -2.18. The van der Waals surface area contributed by atoms with Crippen LogP contribution in [-0.2, 0) is 9.59 Å². The van der Waals surface area contributed by atoms with Gasteiger partial charge in [-0.2, -0.15) is 0 Å². The standard InChI is InChI=1S/C25H29N7O2/c1-16-7-8-20(12-17(16)2)32-15-19(13-24(32)33)25(34)28-11-10-27-22-14-23(30-18(3)29-22)31-21-6-4-5-9-26-21/h4-9,12,14,19H,10-11,13,15H2,1-3H3,(H,28,34)(H2,26,27,29,30,31). The van der Waals surface area contributed by atoms with E-state index < -0.39 is 0 Å². The molecule has 0 spiro atoms. The molecule has 0 saturated carbocycles. The summed E-state index contributed by atoms with van der Waals surface area (Å²) in [6, 6.07) is 13.3. The Kier molecular flexibility index (Phi) is 7.01. The Morgan fingerprint density at radius 3 is 2.59 bits per heavy atom. The number of nitrogens with zero attached hydrogens (tertiary/aromatic N) is 4. The maximum atomic E-state index is 12.7. The largest absolute Gasteiger partial charge is 0.368 e. The van der Waals surface area contributed by atoms with Gasteiger partial charge in [-0.15, -0.1) is 0 Å². The number of hydrogen-bond acceptors (Lipinski definition) is 7. The molecule has 3 N–H and O–H groups in total. The minimum Gasteiger partial charge on any atom is -0.368 e. The lowest BCUT2D eigenvalue weighted by molar-refractivity contribution is -0.126. The fourth-order valence-electron chi connectivity index (χ4n) is 3.84. The van der Waals surface area contributed by atoms with Crippen LogP contribution in [0.1, 0.15) is 23.4 Å². The Hall–Kier alpha value is -4.01. The molecule has 0 bridgehead atoms. The van der Waals surface area contributed by atoms with Gasteiger partial charge in [0.1, 0.15) is 23.3 Å². The number of pyridine rings is 1. The summed E-state index contributed by atoms with van der Waals surface area (Å²) in [5, 5.41) is 9.29. The molecule has 2 aromatic heterocycles. The molecule has 176 valence electrons. The molecule has 9 heteroatoms. The molecular formula is C25H29N7O2. The molecular weight excluding hydrogens is 430 g/mol. The van der Waals surface area contributed by atoms with Crippen molar-refractivity contribution in [3.63, 3.8) is 0 Å². The number of amides is 2. The molecule has 1 atom stereocenters. The van der Waals surface area contributed by atoms with Crippen molar-refractivity contribution in [1.29, 1.82) is 0 Å². The normalized spacial score (nSPS) is 15.3. The van der Waals surface area contributed by atoms with E-state index in [1.807, 2.05) is 57.2 Å². The molecule has 34 heavy (non-hydrogen) atoms. The molecule has 1 aromatic carbocycles. The van der Waals surface area contributed by atoms with E-state index in [4.69, 9.17) is 0 Å². The second kappa shape index (κ2) is 10.3. The van der Waals surface area contributed by atoms with Gasteiger partial charge in [0.25, 0.3) is 0 Å². The monoisotopic (exact) mass is 459 g/mol. The van der Waals surface area contributed by atoms with Crippen molar-refractivity contribution in [2.24, 2.45) is 5.92 Å². The molecule has 3 heterocycles. The molecule has 2 amide bonds. The number of carbonyl (C=O) groups excluding carboxylic acids is 2. The molecule has 1 aliphatic rings. The highest BCUT2D eigenvalue weighted by Crippen LogP contribution is 2.27. The summed E-state index contributed by atoms with van der Waals surface area (Å²) < 4.78 is 0. The predicted molar refractivity (Wildman–Crippen MR) is 132 cm³/mol. The summed E-state index contributed by atoms with van der Waals surface area (Å²) in [5.74, 6) is 2.10. The van der Waals surface area contributed by atoms with Gasteiger partial charge in [-0.25, -0.2) is 15.0 Å². The Morgan fingerprint density at radius 1 is 1.00 bits per heavy atom. The third-order valence-corrected chi connectivity index (χ3v) is 5.79. The maximum absolute atomic E-state index is 12.7. The van der Waals surface area contributed by atoms with Crippen molar-refractivity contribution in [2.45, 2.75) is 27.2 Å². The van der Waals surface area contributed by atoms with Crippen molar-refractivity contribution in [1.82, 2.24) is 20.3 Å². The number of carbonyl (C=O) groups is 2. The molecule has 4 rings (SSSR count). The summed E-state index contributed by atoms with van der Waals surface area (Å²) in [7, 11) is 0. The zero-order valence-corrected chi connectivity index (χ0v) is 19.6. The maximum Gasteiger partial charge on any atom is 0.227 e. The second-order valence-corrected chi connectivity index (χ2v) is 8.42. The van der Waals surface area contributed by atoms with Crippen LogP contribution in [0.5, 0.6) is 0 Å². The average Bonchev–Trinajstić information content (AvgIpc) is 3.20. The van der Waals surface area contributed by atoms with Gasteiger partial charge >= 0.3 is 0 Å². The van der Waals surface area contributed by atoms with E-state index >= 15 is 0 Å². The van der Waals surface area contributed by atoms with Crippen molar-refractivity contribution in [2.75, 3.05) is 35.2 Å². The van der Waals surface area contributed by atoms with Crippen LogP contribution < -0.4 is 20.9 Å². The summed E-state index contributed by atoms with van der Waals surface area (Å²) in [4.78, 5) is 39.9. The molecule has 3 aromatic rings. The van der Waals surface area contributed by atoms with Crippen molar-refractivity contribution >= 4 is 35.0 Å². The van der Waals surface area contributed by atoms with Gasteiger partial charge in [-0.3, -0.25) is 9.59 Å². The van der Waals surface area contributed by atoms with Crippen LogP contribution in [0.4, 0.5) is 23.1 Å². The Morgan fingerprint density at radius 2 is 1.82 bits per heavy atom. The number of benzene rings is 1. The smallest absolute Gasteiger partial charge is 0.227 e. The number of nitrogens with one attached hydrogen (secondary N) is 3. The van der Waals surface area contributed by atoms with Crippen LogP contribution in [-0.4, -0.2) is 46.4 Å². The van der Waals surface area contributed by atoms with E-state index in [-0.39, 0.29) is 24.2 Å². The number of aromatic nitrogens is 3. The predicted octanol–water partition coefficient (Wildman–Crippen LogP) is 3.12. The first-order chi connectivity index (χ1) is 16.4. The first kappa shape index (κ1) is 23.2. The van der Waals surface area contributed by atoms with Gasteiger partial charge in [0.05, 0.1) is 5.92 Å². The highest BCUT2D eigenvalue weighted by Gasteiger charge is 2.35. The number of aryl methyl sites for hydroxylation is 3. The SMILES string of the molecule is Cc1nc(NCCNC(=O)C2CC(=O)N(c3ccc(C)c(C)c3)C2)cc(Nc2ccccn2)n1. The van der Waals surface area contributed by atoms with Gasteiger partial charge in [0.2, 0.25) is 11.8 Å². The first-order valence-corrected chi connectivity index (χ1v) is 11.3. The Labute approximate surface area is 199 Å². The summed E-state index contributed by atoms with van der Waals surface area (Å²) in [6.45, 7) is 7.18. The van der Waals surface area contributed by atoms with Crippen LogP contribution in [0.25, 0.3) is 0 Å². The van der Waals surface area contributed by atoms with Gasteiger partial charge in [-0.05, 0) is 56.2 Å². The number of rotatable bonds is 8. The fraction of sp³-hybridized carbons (Fsp3) is 0.320. The quantitative estimate of drug-likeness (QED) is 0.444. The van der Waals surface area contributed by atoms with Crippen molar-refractivity contribution < 1.29 is 9.59 Å². The lowest BCUT2D eigenvalue weighted by atomic mass is 10.1. The molecule has 1 aliphatic heterocycles. The minimum atomic E-state index is -0.357. The van der Waals surface area contributed by atoms with E-state index in [1.165, 1.54) is 5.56 Å². The molecule has 1 fully saturated rings. The minimum absolute atomic E-state index is 0.0223. The Bertz CT molecular complexity index is 1180. The van der Waals surface area contributed by atoms with Crippen molar-refractivity contribution in [3.8, 4) is 0 Å². The third-order valence-electron chi connectivity index (χ3n) is 5.79. The van der Waals surface area contributed by atoms with Crippen LogP contribution in [0.3, 0.4) is 0 Å². The zero-order chi connectivity index (χ0) is 24.1. The van der Waals surface area contributed by atoms with E-state index in [0.29, 0.717) is 42.9 Å². The summed E-state index contributed by atoms with van der Waals surface area (Å²) >= 11 is 0. The summed E-state index contributed by atoms with van der Waals surface area (Å²) in [6.07, 6.45) is 1.93. The number of hydrogen-bond donors (Lipinski definition) is 3. The van der Waals surface area contributed by atoms with Gasteiger partial charge in [0.15, 0.2) is 0 Å². The molecule has 9 nitrogen and oxygen atoms in total. The Balaban J connectivity index is 1.27. The van der Waals surface area contributed by atoms with Crippen LogP contribution in [0.2, 0.25) is 0 Å². The van der Waals surface area contributed by atoms with Gasteiger partial charge < -0.3 is 20.9 Å². The molecule has 1 saturated heterocycles. The van der Waals surface area contributed by atoms with Crippen molar-refractivity contribution in [3.05, 3.63) is 65.6 Å². The number of anilines is 4. The van der Waals surface area contributed by atoms with E-state index in [1.54, 1.807) is 17.2 Å². The zero-order valence-electron chi connectivity index (χ0n) is 19.6. The van der Waals surface area contributed by atoms with Crippen LogP contribution >= 0.6 is 0 Å². The van der Waals surface area contributed by atoms with Gasteiger partial charge in [0, 0.05) is 44.0 Å². The fourth-order valence-corrected chi connectivity index (χ4v) is 3.84.